The molecule has 30 heavy (non-hydrogen) atoms. The Balaban J connectivity index is 1.71. The van der Waals surface area contributed by atoms with Crippen molar-refractivity contribution in [3.8, 4) is 0 Å². The van der Waals surface area contributed by atoms with Crippen LogP contribution in [0.5, 0.6) is 0 Å². The Morgan fingerprint density at radius 1 is 1.27 bits per heavy atom. The Bertz CT molecular complexity index is 998. The number of hydrogen-bond donors (Lipinski definition) is 3. The highest BCUT2D eigenvalue weighted by Crippen LogP contribution is 2.24. The highest BCUT2D eigenvalue weighted by Gasteiger charge is 2.26. The van der Waals surface area contributed by atoms with E-state index < -0.39 is 10.0 Å². The third-order valence-electron chi connectivity index (χ3n) is 4.23. The zero-order valence-electron chi connectivity index (χ0n) is 16.4. The Labute approximate surface area is 183 Å². The van der Waals surface area contributed by atoms with Gasteiger partial charge in [0, 0.05) is 45.0 Å². The third-order valence-corrected chi connectivity index (χ3v) is 6.71. The lowest BCUT2D eigenvalue weighted by molar-refractivity contribution is -0.118. The van der Waals surface area contributed by atoms with Crippen LogP contribution in [0.2, 0.25) is 0 Å². The number of sulfonamides is 1. The standard InChI is InChI=1S/C18H23BrN6O4S/c1-13(26)20-5-6-21-17-16(19)12-22-18(24-17)23-14-3-2-4-15(11-14)30(27,28)25-7-9-29-10-8-25/h2-4,11-12H,5-10H2,1H3,(H,20,26)(H2,21,22,23,24). The molecule has 1 aliphatic rings. The lowest BCUT2D eigenvalue weighted by Gasteiger charge is -2.26. The van der Waals surface area contributed by atoms with Crippen molar-refractivity contribution < 1.29 is 17.9 Å². The minimum atomic E-state index is -3.60. The van der Waals surface area contributed by atoms with Crippen LogP contribution in [0.1, 0.15) is 6.92 Å². The van der Waals surface area contributed by atoms with Gasteiger partial charge in [-0.1, -0.05) is 6.07 Å². The number of hydrogen-bond acceptors (Lipinski definition) is 8. The number of benzene rings is 1. The molecule has 0 radical (unpaired) electrons. The molecule has 162 valence electrons. The summed E-state index contributed by atoms with van der Waals surface area (Å²) in [6.07, 6.45) is 1.59. The van der Waals surface area contributed by atoms with Gasteiger partial charge in [0.2, 0.25) is 21.9 Å². The maximum Gasteiger partial charge on any atom is 0.243 e. The van der Waals surface area contributed by atoms with Crippen molar-refractivity contribution in [2.24, 2.45) is 0 Å². The quantitative estimate of drug-likeness (QED) is 0.468. The van der Waals surface area contributed by atoms with E-state index in [0.29, 0.717) is 61.3 Å². The summed E-state index contributed by atoms with van der Waals surface area (Å²) in [5.41, 5.74) is 0.552. The molecule has 0 unspecified atom stereocenters. The molecule has 1 fully saturated rings. The largest absolute Gasteiger partial charge is 0.379 e. The highest BCUT2D eigenvalue weighted by molar-refractivity contribution is 9.10. The van der Waals surface area contributed by atoms with Gasteiger partial charge in [-0.05, 0) is 34.1 Å². The molecule has 0 saturated carbocycles. The zero-order chi connectivity index (χ0) is 21.6. The van der Waals surface area contributed by atoms with Gasteiger partial charge in [-0.15, -0.1) is 0 Å². The Morgan fingerprint density at radius 2 is 2.03 bits per heavy atom. The van der Waals surface area contributed by atoms with Gasteiger partial charge in [0.25, 0.3) is 0 Å². The highest BCUT2D eigenvalue weighted by atomic mass is 79.9. The van der Waals surface area contributed by atoms with Gasteiger partial charge in [-0.2, -0.15) is 9.29 Å². The summed E-state index contributed by atoms with van der Waals surface area (Å²) in [6, 6.07) is 6.53. The summed E-state index contributed by atoms with van der Waals surface area (Å²) in [7, 11) is -3.60. The summed E-state index contributed by atoms with van der Waals surface area (Å²) < 4.78 is 33.0. The van der Waals surface area contributed by atoms with Crippen molar-refractivity contribution in [2.75, 3.05) is 50.0 Å². The molecule has 0 atom stereocenters. The molecule has 0 aliphatic carbocycles. The maximum absolute atomic E-state index is 12.9. The number of ether oxygens (including phenoxy) is 1. The van der Waals surface area contributed by atoms with Crippen LogP contribution in [0.25, 0.3) is 0 Å². The lowest BCUT2D eigenvalue weighted by Crippen LogP contribution is -2.40. The molecule has 0 bridgehead atoms. The third kappa shape index (κ3) is 5.88. The minimum absolute atomic E-state index is 0.104. The number of halogens is 1. The number of nitrogens with zero attached hydrogens (tertiary/aromatic N) is 3. The Hall–Kier alpha value is -2.28. The molecular formula is C18H23BrN6O4S. The van der Waals surface area contributed by atoms with Crippen molar-refractivity contribution >= 4 is 49.3 Å². The predicted molar refractivity (Wildman–Crippen MR) is 116 cm³/mol. The lowest BCUT2D eigenvalue weighted by atomic mass is 10.3. The summed E-state index contributed by atoms with van der Waals surface area (Å²) in [5.74, 6) is 0.754. The van der Waals surface area contributed by atoms with Gasteiger partial charge >= 0.3 is 0 Å². The first-order valence-electron chi connectivity index (χ1n) is 9.32. The van der Waals surface area contributed by atoms with Crippen LogP contribution < -0.4 is 16.0 Å². The van der Waals surface area contributed by atoms with Crippen LogP contribution in [-0.2, 0) is 19.6 Å². The van der Waals surface area contributed by atoms with Crippen molar-refractivity contribution in [3.05, 3.63) is 34.9 Å². The second kappa shape index (κ2) is 10.2. The first-order valence-corrected chi connectivity index (χ1v) is 11.6. The molecule has 12 heteroatoms. The van der Waals surface area contributed by atoms with E-state index in [4.69, 9.17) is 4.74 Å². The molecule has 1 aliphatic heterocycles. The molecular weight excluding hydrogens is 476 g/mol. The number of rotatable bonds is 8. The fourth-order valence-corrected chi connectivity index (χ4v) is 4.56. The molecule has 2 heterocycles. The van der Waals surface area contributed by atoms with Crippen molar-refractivity contribution in [3.63, 3.8) is 0 Å². The monoisotopic (exact) mass is 498 g/mol. The second-order valence-electron chi connectivity index (χ2n) is 6.47. The smallest absolute Gasteiger partial charge is 0.243 e. The predicted octanol–water partition coefficient (Wildman–Crippen LogP) is 1.55. The average molecular weight is 499 g/mol. The van der Waals surface area contributed by atoms with E-state index in [1.165, 1.54) is 11.2 Å². The van der Waals surface area contributed by atoms with Crippen molar-refractivity contribution in [1.82, 2.24) is 19.6 Å². The van der Waals surface area contributed by atoms with E-state index in [0.717, 1.165) is 0 Å². The summed E-state index contributed by atoms with van der Waals surface area (Å²) in [5, 5.41) is 8.83. The number of morpholine rings is 1. The summed E-state index contributed by atoms with van der Waals surface area (Å²) >= 11 is 3.38. The van der Waals surface area contributed by atoms with Crippen LogP contribution in [0, 0.1) is 0 Å². The number of carbonyl (C=O) groups excluding carboxylic acids is 1. The molecule has 1 saturated heterocycles. The molecule has 1 aromatic carbocycles. The molecule has 10 nitrogen and oxygen atoms in total. The van der Waals surface area contributed by atoms with Crippen LogP contribution in [0.3, 0.4) is 0 Å². The van der Waals surface area contributed by atoms with Crippen LogP contribution in [0.4, 0.5) is 17.5 Å². The van der Waals surface area contributed by atoms with Crippen LogP contribution >= 0.6 is 15.9 Å². The Kier molecular flexibility index (Phi) is 7.58. The minimum Gasteiger partial charge on any atom is -0.379 e. The van der Waals surface area contributed by atoms with Gasteiger partial charge in [-0.3, -0.25) is 4.79 Å². The fraction of sp³-hybridized carbons (Fsp3) is 0.389. The van der Waals surface area contributed by atoms with E-state index in [2.05, 4.69) is 41.8 Å². The van der Waals surface area contributed by atoms with Crippen LogP contribution in [0.15, 0.2) is 39.8 Å². The Morgan fingerprint density at radius 3 is 2.77 bits per heavy atom. The van der Waals surface area contributed by atoms with Gasteiger partial charge < -0.3 is 20.7 Å². The molecule has 3 rings (SSSR count). The number of amides is 1. The molecule has 2 aromatic rings. The summed E-state index contributed by atoms with van der Waals surface area (Å²) in [4.78, 5) is 19.8. The first kappa shape index (κ1) is 22.4. The topological polar surface area (TPSA) is 126 Å². The fourth-order valence-electron chi connectivity index (χ4n) is 2.77. The van der Waals surface area contributed by atoms with E-state index in [9.17, 15) is 13.2 Å². The van der Waals surface area contributed by atoms with Gasteiger partial charge in [0.1, 0.15) is 5.82 Å². The van der Waals surface area contributed by atoms with Gasteiger partial charge in [0.05, 0.1) is 22.6 Å². The number of anilines is 3. The second-order valence-corrected chi connectivity index (χ2v) is 9.26. The number of carbonyl (C=O) groups is 1. The molecule has 1 amide bonds. The van der Waals surface area contributed by atoms with E-state index in [1.54, 1.807) is 30.5 Å². The molecule has 3 N–H and O–H groups in total. The molecule has 1 aromatic heterocycles. The average Bonchev–Trinajstić information content (AvgIpc) is 2.74. The number of nitrogens with one attached hydrogen (secondary N) is 3. The van der Waals surface area contributed by atoms with Crippen molar-refractivity contribution in [2.45, 2.75) is 11.8 Å². The maximum atomic E-state index is 12.9. The number of aromatic nitrogens is 2. The van der Waals surface area contributed by atoms with Gasteiger partial charge in [-0.25, -0.2) is 13.4 Å². The SMILES string of the molecule is CC(=O)NCCNc1nc(Nc2cccc(S(=O)(=O)N3CCOCC3)c2)ncc1Br. The van der Waals surface area contributed by atoms with Gasteiger partial charge in [0.15, 0.2) is 0 Å². The van der Waals surface area contributed by atoms with Crippen LogP contribution in [-0.4, -0.2) is 68.0 Å². The normalized spacial score (nSPS) is 14.9. The zero-order valence-corrected chi connectivity index (χ0v) is 18.8. The van der Waals surface area contributed by atoms with E-state index >= 15 is 0 Å². The summed E-state index contributed by atoms with van der Waals surface area (Å²) in [6.45, 7) is 3.85. The van der Waals surface area contributed by atoms with E-state index in [1.807, 2.05) is 0 Å². The van der Waals surface area contributed by atoms with Crippen molar-refractivity contribution in [1.29, 1.82) is 0 Å². The molecule has 0 spiro atoms. The first-order chi connectivity index (χ1) is 14.4. The van der Waals surface area contributed by atoms with E-state index in [-0.39, 0.29) is 10.8 Å².